The minimum Gasteiger partial charge on any atom is -0.438 e. The van der Waals surface area contributed by atoms with Crippen molar-refractivity contribution in [2.45, 2.75) is 52.0 Å². The third-order valence-corrected chi connectivity index (χ3v) is 6.92. The van der Waals surface area contributed by atoms with Crippen molar-refractivity contribution in [1.82, 2.24) is 14.9 Å². The van der Waals surface area contributed by atoms with Crippen molar-refractivity contribution in [2.75, 3.05) is 44.3 Å². The van der Waals surface area contributed by atoms with Gasteiger partial charge < -0.3 is 14.4 Å². The maximum Gasteiger partial charge on any atom is 0.229 e. The molecule has 0 unspecified atom stereocenters. The zero-order valence-corrected chi connectivity index (χ0v) is 18.7. The molecule has 1 saturated carbocycles. The van der Waals surface area contributed by atoms with Gasteiger partial charge in [0.15, 0.2) is 0 Å². The summed E-state index contributed by atoms with van der Waals surface area (Å²) in [5, 5.41) is 0. The van der Waals surface area contributed by atoms with Crippen LogP contribution in [-0.4, -0.2) is 54.3 Å². The number of hydrogen-bond acceptors (Lipinski definition) is 6. The Labute approximate surface area is 185 Å². The van der Waals surface area contributed by atoms with Gasteiger partial charge in [0, 0.05) is 39.1 Å². The van der Waals surface area contributed by atoms with Crippen molar-refractivity contribution in [3.05, 3.63) is 41.1 Å². The van der Waals surface area contributed by atoms with Crippen LogP contribution >= 0.6 is 0 Å². The standard InChI is InChI=1S/C25H34N4O2/c1-19-7-5-6-10-23(19)31-24-21-18-28(17-20-8-3-2-4-9-20)12-11-22(21)26-25(27-24)29-13-15-30-16-14-29/h5-7,10,20H,2-4,8-9,11-18H2,1H3. The van der Waals surface area contributed by atoms with Crippen LogP contribution in [0.1, 0.15) is 48.9 Å². The van der Waals surface area contributed by atoms with E-state index in [4.69, 9.17) is 19.4 Å². The van der Waals surface area contributed by atoms with Crippen molar-refractivity contribution in [3.63, 3.8) is 0 Å². The number of morpholine rings is 1. The van der Waals surface area contributed by atoms with Gasteiger partial charge in [-0.3, -0.25) is 4.90 Å². The molecule has 0 bridgehead atoms. The van der Waals surface area contributed by atoms with E-state index in [1.165, 1.54) is 44.2 Å². The van der Waals surface area contributed by atoms with Crippen LogP contribution in [0.4, 0.5) is 5.95 Å². The lowest BCUT2D eigenvalue weighted by Gasteiger charge is -2.34. The molecule has 1 saturated heterocycles. The number of rotatable bonds is 5. The van der Waals surface area contributed by atoms with Gasteiger partial charge in [-0.15, -0.1) is 0 Å². The second-order valence-electron chi connectivity index (χ2n) is 9.21. The molecule has 0 amide bonds. The Hall–Kier alpha value is -2.18. The second-order valence-corrected chi connectivity index (χ2v) is 9.21. The van der Waals surface area contributed by atoms with Crippen LogP contribution in [-0.2, 0) is 17.7 Å². The smallest absolute Gasteiger partial charge is 0.229 e. The summed E-state index contributed by atoms with van der Waals surface area (Å²) in [5.74, 6) is 3.23. The Morgan fingerprint density at radius 1 is 1.03 bits per heavy atom. The predicted octanol–water partition coefficient (Wildman–Crippen LogP) is 4.35. The van der Waals surface area contributed by atoms with Crippen molar-refractivity contribution in [1.29, 1.82) is 0 Å². The SMILES string of the molecule is Cc1ccccc1Oc1nc(N2CCOCC2)nc2c1CN(CC1CCCCC1)CC2. The largest absolute Gasteiger partial charge is 0.438 e. The van der Waals surface area contributed by atoms with E-state index >= 15 is 0 Å². The molecular weight excluding hydrogens is 388 g/mol. The first-order chi connectivity index (χ1) is 15.3. The molecule has 2 aliphatic heterocycles. The molecule has 1 aromatic carbocycles. The van der Waals surface area contributed by atoms with Gasteiger partial charge in [-0.05, 0) is 37.3 Å². The van der Waals surface area contributed by atoms with Gasteiger partial charge in [0.25, 0.3) is 0 Å². The summed E-state index contributed by atoms with van der Waals surface area (Å²) in [6.45, 7) is 8.35. The number of benzene rings is 1. The van der Waals surface area contributed by atoms with E-state index in [2.05, 4.69) is 22.8 Å². The summed E-state index contributed by atoms with van der Waals surface area (Å²) in [4.78, 5) is 14.8. The van der Waals surface area contributed by atoms with Gasteiger partial charge >= 0.3 is 0 Å². The van der Waals surface area contributed by atoms with E-state index in [-0.39, 0.29) is 0 Å². The van der Waals surface area contributed by atoms with Crippen LogP contribution in [0.15, 0.2) is 24.3 Å². The summed E-state index contributed by atoms with van der Waals surface area (Å²) in [5.41, 5.74) is 3.44. The molecule has 2 fully saturated rings. The quantitative estimate of drug-likeness (QED) is 0.714. The van der Waals surface area contributed by atoms with E-state index in [0.717, 1.165) is 80.6 Å². The molecule has 2 aromatic rings. The minimum atomic E-state index is 0.726. The first-order valence-corrected chi connectivity index (χ1v) is 11.9. The molecule has 6 heteroatoms. The topological polar surface area (TPSA) is 50.7 Å². The van der Waals surface area contributed by atoms with Gasteiger partial charge in [0.2, 0.25) is 11.8 Å². The molecule has 5 rings (SSSR count). The highest BCUT2D eigenvalue weighted by Gasteiger charge is 2.27. The molecule has 0 spiro atoms. The lowest BCUT2D eigenvalue weighted by molar-refractivity contribution is 0.122. The summed E-state index contributed by atoms with van der Waals surface area (Å²) in [6.07, 6.45) is 7.91. The molecule has 6 nitrogen and oxygen atoms in total. The van der Waals surface area contributed by atoms with E-state index in [1.54, 1.807) is 0 Å². The average molecular weight is 423 g/mol. The normalized spacial score (nSPS) is 20.5. The van der Waals surface area contributed by atoms with Crippen LogP contribution in [0, 0.1) is 12.8 Å². The number of ether oxygens (including phenoxy) is 2. The van der Waals surface area contributed by atoms with Crippen LogP contribution in [0.3, 0.4) is 0 Å². The number of hydrogen-bond donors (Lipinski definition) is 0. The monoisotopic (exact) mass is 422 g/mol. The van der Waals surface area contributed by atoms with Gasteiger partial charge in [-0.2, -0.15) is 4.98 Å². The molecule has 1 aromatic heterocycles. The Morgan fingerprint density at radius 2 is 1.84 bits per heavy atom. The first kappa shape index (κ1) is 20.7. The Balaban J connectivity index is 1.42. The van der Waals surface area contributed by atoms with Gasteiger partial charge in [0.05, 0.1) is 24.5 Å². The maximum absolute atomic E-state index is 6.44. The van der Waals surface area contributed by atoms with Crippen LogP contribution in [0.5, 0.6) is 11.6 Å². The highest BCUT2D eigenvalue weighted by molar-refractivity contribution is 5.45. The van der Waals surface area contributed by atoms with E-state index in [1.807, 2.05) is 18.2 Å². The zero-order chi connectivity index (χ0) is 21.0. The van der Waals surface area contributed by atoms with Gasteiger partial charge in [0.1, 0.15) is 5.75 Å². The average Bonchev–Trinajstić information content (AvgIpc) is 2.82. The fourth-order valence-corrected chi connectivity index (χ4v) is 5.08. The van der Waals surface area contributed by atoms with Crippen molar-refractivity contribution in [3.8, 4) is 11.6 Å². The van der Waals surface area contributed by atoms with Crippen molar-refractivity contribution < 1.29 is 9.47 Å². The number of aryl methyl sites for hydroxylation is 1. The number of nitrogens with zero attached hydrogens (tertiary/aromatic N) is 4. The molecule has 3 heterocycles. The minimum absolute atomic E-state index is 0.726. The van der Waals surface area contributed by atoms with Crippen molar-refractivity contribution in [2.24, 2.45) is 5.92 Å². The molecule has 1 aliphatic carbocycles. The number of anilines is 1. The van der Waals surface area contributed by atoms with Crippen LogP contribution in [0.2, 0.25) is 0 Å². The number of aromatic nitrogens is 2. The third kappa shape index (κ3) is 4.85. The first-order valence-electron chi connectivity index (χ1n) is 11.9. The Bertz CT molecular complexity index is 891. The maximum atomic E-state index is 6.44. The summed E-state index contributed by atoms with van der Waals surface area (Å²) in [6, 6.07) is 8.18. The fourth-order valence-electron chi connectivity index (χ4n) is 5.08. The number of fused-ring (bicyclic) bond motifs is 1. The molecule has 0 atom stereocenters. The zero-order valence-electron chi connectivity index (χ0n) is 18.7. The number of para-hydroxylation sites is 1. The highest BCUT2D eigenvalue weighted by atomic mass is 16.5. The molecule has 0 radical (unpaired) electrons. The molecular formula is C25H34N4O2. The van der Waals surface area contributed by atoms with E-state index < -0.39 is 0 Å². The van der Waals surface area contributed by atoms with Gasteiger partial charge in [-0.1, -0.05) is 37.5 Å². The fraction of sp³-hybridized carbons (Fsp3) is 0.600. The lowest BCUT2D eigenvalue weighted by atomic mass is 9.88. The lowest BCUT2D eigenvalue weighted by Crippen LogP contribution is -2.39. The summed E-state index contributed by atoms with van der Waals surface area (Å²) < 4.78 is 12.0. The summed E-state index contributed by atoms with van der Waals surface area (Å²) in [7, 11) is 0. The Morgan fingerprint density at radius 3 is 2.65 bits per heavy atom. The van der Waals surface area contributed by atoms with Crippen molar-refractivity contribution >= 4 is 5.95 Å². The van der Waals surface area contributed by atoms with Crippen LogP contribution in [0.25, 0.3) is 0 Å². The van der Waals surface area contributed by atoms with E-state index in [9.17, 15) is 0 Å². The highest BCUT2D eigenvalue weighted by Crippen LogP contribution is 2.34. The predicted molar refractivity (Wildman–Crippen MR) is 122 cm³/mol. The molecule has 31 heavy (non-hydrogen) atoms. The second kappa shape index (κ2) is 9.53. The molecule has 0 N–H and O–H groups in total. The summed E-state index contributed by atoms with van der Waals surface area (Å²) >= 11 is 0. The molecule has 3 aliphatic rings. The van der Waals surface area contributed by atoms with Gasteiger partial charge in [-0.25, -0.2) is 4.98 Å². The van der Waals surface area contributed by atoms with E-state index in [0.29, 0.717) is 0 Å². The molecule has 166 valence electrons. The third-order valence-electron chi connectivity index (χ3n) is 6.92. The van der Waals surface area contributed by atoms with Crippen LogP contribution < -0.4 is 9.64 Å². The Kier molecular flexibility index (Phi) is 6.37.